The molecule has 1 atom stereocenters. The summed E-state index contributed by atoms with van der Waals surface area (Å²) in [6, 6.07) is 15.8. The van der Waals surface area contributed by atoms with Crippen molar-refractivity contribution < 1.29 is 9.47 Å². The minimum absolute atomic E-state index is 0.148. The van der Waals surface area contributed by atoms with Crippen molar-refractivity contribution in [1.29, 1.82) is 5.26 Å². The Morgan fingerprint density at radius 3 is 2.73 bits per heavy atom. The second-order valence-corrected chi connectivity index (χ2v) is 5.24. The fourth-order valence-corrected chi connectivity index (χ4v) is 2.76. The van der Waals surface area contributed by atoms with Crippen LogP contribution in [0.1, 0.15) is 22.6 Å². The molecule has 2 N–H and O–H groups in total. The number of nitriles is 1. The van der Waals surface area contributed by atoms with E-state index in [4.69, 9.17) is 15.2 Å². The van der Waals surface area contributed by atoms with E-state index in [1.165, 1.54) is 0 Å². The molecule has 2 aromatic carbocycles. The van der Waals surface area contributed by atoms with E-state index < -0.39 is 0 Å². The van der Waals surface area contributed by atoms with Gasteiger partial charge in [0.05, 0.1) is 13.0 Å². The summed E-state index contributed by atoms with van der Waals surface area (Å²) in [5, 5.41) is 9.50. The Kier molecular flexibility index (Phi) is 3.48. The maximum atomic E-state index is 9.50. The van der Waals surface area contributed by atoms with Crippen LogP contribution in [0, 0.1) is 18.3 Å². The van der Waals surface area contributed by atoms with Crippen LogP contribution in [0.15, 0.2) is 53.9 Å². The number of aryl methyl sites for hydroxylation is 1. The zero-order valence-electron chi connectivity index (χ0n) is 12.5. The van der Waals surface area contributed by atoms with Gasteiger partial charge in [0.2, 0.25) is 5.88 Å². The van der Waals surface area contributed by atoms with Crippen LogP contribution in [0.4, 0.5) is 0 Å². The number of nitrogens with two attached hydrogens (primary N) is 1. The molecule has 22 heavy (non-hydrogen) atoms. The lowest BCUT2D eigenvalue weighted by Gasteiger charge is -2.26. The summed E-state index contributed by atoms with van der Waals surface area (Å²) in [5.41, 5.74) is 9.46. The molecule has 0 bridgehead atoms. The number of benzene rings is 2. The van der Waals surface area contributed by atoms with E-state index in [0.29, 0.717) is 17.1 Å². The number of nitrogens with zero attached hydrogens (tertiary/aromatic N) is 1. The van der Waals surface area contributed by atoms with Gasteiger partial charge in [0.15, 0.2) is 0 Å². The molecule has 110 valence electrons. The predicted octanol–water partition coefficient (Wildman–Crippen LogP) is 3.22. The van der Waals surface area contributed by atoms with Crippen molar-refractivity contribution in [3.05, 3.63) is 70.6 Å². The van der Waals surface area contributed by atoms with Gasteiger partial charge in [-0.05, 0) is 18.6 Å². The molecular formula is C18H16N2O2. The maximum Gasteiger partial charge on any atom is 0.205 e. The van der Waals surface area contributed by atoms with Crippen LogP contribution in [-0.4, -0.2) is 7.11 Å². The van der Waals surface area contributed by atoms with Gasteiger partial charge in [-0.3, -0.25) is 0 Å². The first-order valence-corrected chi connectivity index (χ1v) is 6.96. The molecule has 0 radical (unpaired) electrons. The molecule has 2 aromatic rings. The highest BCUT2D eigenvalue weighted by Gasteiger charge is 2.30. The monoisotopic (exact) mass is 292 g/mol. The van der Waals surface area contributed by atoms with Gasteiger partial charge in [0.1, 0.15) is 23.1 Å². The summed E-state index contributed by atoms with van der Waals surface area (Å²) >= 11 is 0. The Hall–Kier alpha value is -2.93. The summed E-state index contributed by atoms with van der Waals surface area (Å²) in [4.78, 5) is 0. The lowest BCUT2D eigenvalue weighted by Crippen LogP contribution is -2.21. The van der Waals surface area contributed by atoms with Crippen molar-refractivity contribution in [2.45, 2.75) is 12.8 Å². The van der Waals surface area contributed by atoms with Crippen LogP contribution in [0.25, 0.3) is 0 Å². The zero-order chi connectivity index (χ0) is 15.7. The van der Waals surface area contributed by atoms with E-state index in [2.05, 4.69) is 12.1 Å². The highest BCUT2D eigenvalue weighted by Crippen LogP contribution is 2.43. The summed E-state index contributed by atoms with van der Waals surface area (Å²) in [6.45, 7) is 2.02. The quantitative estimate of drug-likeness (QED) is 0.922. The summed E-state index contributed by atoms with van der Waals surface area (Å²) in [7, 11) is 1.60. The molecule has 1 heterocycles. The van der Waals surface area contributed by atoms with Gasteiger partial charge in [-0.25, -0.2) is 0 Å². The minimum Gasteiger partial charge on any atom is -0.497 e. The fourth-order valence-electron chi connectivity index (χ4n) is 2.76. The molecule has 0 saturated heterocycles. The molecule has 0 amide bonds. The molecule has 4 heteroatoms. The van der Waals surface area contributed by atoms with E-state index in [1.807, 2.05) is 37.3 Å². The van der Waals surface area contributed by atoms with Crippen LogP contribution in [-0.2, 0) is 0 Å². The number of ether oxygens (including phenoxy) is 2. The van der Waals surface area contributed by atoms with Gasteiger partial charge in [-0.1, -0.05) is 35.9 Å². The van der Waals surface area contributed by atoms with E-state index >= 15 is 0 Å². The number of allylic oxidation sites excluding steroid dienone is 1. The fraction of sp³-hybridized carbons (Fsp3) is 0.167. The predicted molar refractivity (Wildman–Crippen MR) is 83.5 cm³/mol. The molecule has 0 spiro atoms. The summed E-state index contributed by atoms with van der Waals surface area (Å²) in [6.07, 6.45) is 0. The van der Waals surface area contributed by atoms with Crippen molar-refractivity contribution in [2.75, 3.05) is 7.11 Å². The molecule has 0 saturated carbocycles. The third kappa shape index (κ3) is 2.27. The molecule has 1 aliphatic rings. The molecule has 4 nitrogen and oxygen atoms in total. The molecule has 0 fully saturated rings. The summed E-state index contributed by atoms with van der Waals surface area (Å²) in [5.74, 6) is 1.24. The van der Waals surface area contributed by atoms with Crippen molar-refractivity contribution in [3.63, 3.8) is 0 Å². The van der Waals surface area contributed by atoms with E-state index in [0.717, 1.165) is 16.7 Å². The molecule has 0 aliphatic carbocycles. The molecular weight excluding hydrogens is 276 g/mol. The zero-order valence-corrected chi connectivity index (χ0v) is 12.5. The van der Waals surface area contributed by atoms with Gasteiger partial charge >= 0.3 is 0 Å². The second kappa shape index (κ2) is 5.45. The Morgan fingerprint density at radius 1 is 1.23 bits per heavy atom. The highest BCUT2D eigenvalue weighted by molar-refractivity contribution is 5.57. The van der Waals surface area contributed by atoms with Crippen molar-refractivity contribution in [2.24, 2.45) is 5.73 Å². The van der Waals surface area contributed by atoms with Gasteiger partial charge in [-0.2, -0.15) is 5.26 Å². The normalized spacial score (nSPS) is 16.5. The van der Waals surface area contributed by atoms with Gasteiger partial charge < -0.3 is 15.2 Å². The first-order chi connectivity index (χ1) is 10.6. The van der Waals surface area contributed by atoms with Crippen molar-refractivity contribution >= 4 is 0 Å². The number of fused-ring (bicyclic) bond motifs is 1. The summed E-state index contributed by atoms with van der Waals surface area (Å²) < 4.78 is 10.8. The lowest BCUT2D eigenvalue weighted by molar-refractivity contribution is 0.381. The first kappa shape index (κ1) is 14.0. The molecule has 1 aliphatic heterocycles. The van der Waals surface area contributed by atoms with Crippen molar-refractivity contribution in [3.8, 4) is 17.6 Å². The number of hydrogen-bond acceptors (Lipinski definition) is 4. The van der Waals surface area contributed by atoms with Crippen molar-refractivity contribution in [1.82, 2.24) is 0 Å². The number of rotatable bonds is 2. The Morgan fingerprint density at radius 2 is 2.05 bits per heavy atom. The average molecular weight is 292 g/mol. The largest absolute Gasteiger partial charge is 0.497 e. The number of methoxy groups -OCH3 is 1. The first-order valence-electron chi connectivity index (χ1n) is 6.96. The van der Waals surface area contributed by atoms with Gasteiger partial charge in [-0.15, -0.1) is 0 Å². The lowest BCUT2D eigenvalue weighted by atomic mass is 9.83. The highest BCUT2D eigenvalue weighted by atomic mass is 16.5. The number of hydrogen-bond donors (Lipinski definition) is 1. The van der Waals surface area contributed by atoms with Gasteiger partial charge in [0, 0.05) is 11.6 Å². The Labute approximate surface area is 129 Å². The van der Waals surface area contributed by atoms with Crippen LogP contribution in [0.5, 0.6) is 11.5 Å². The van der Waals surface area contributed by atoms with Crippen LogP contribution < -0.4 is 15.2 Å². The van der Waals surface area contributed by atoms with Crippen LogP contribution in [0.2, 0.25) is 0 Å². The SMILES string of the molecule is COc1ccc2c(c1)OC(N)=C(C#N)[C@@H]2c1cccc(C)c1. The minimum atomic E-state index is -0.223. The van der Waals surface area contributed by atoms with E-state index in [9.17, 15) is 5.26 Å². The van der Waals surface area contributed by atoms with Crippen LogP contribution >= 0.6 is 0 Å². The van der Waals surface area contributed by atoms with E-state index in [1.54, 1.807) is 13.2 Å². The molecule has 0 aromatic heterocycles. The van der Waals surface area contributed by atoms with Gasteiger partial charge in [0.25, 0.3) is 0 Å². The topological polar surface area (TPSA) is 68.3 Å². The van der Waals surface area contributed by atoms with Crippen LogP contribution in [0.3, 0.4) is 0 Å². The molecule has 0 unspecified atom stereocenters. The standard InChI is InChI=1S/C18H16N2O2/c1-11-4-3-5-12(8-11)17-14-7-6-13(21-2)9-16(14)22-18(20)15(17)10-19/h3-9,17H,20H2,1-2H3/t17-/m1/s1. The Bertz CT molecular complexity index is 803. The smallest absolute Gasteiger partial charge is 0.205 e. The third-order valence-electron chi connectivity index (χ3n) is 3.80. The average Bonchev–Trinajstić information content (AvgIpc) is 2.52. The van der Waals surface area contributed by atoms with E-state index in [-0.39, 0.29) is 11.8 Å². The molecule has 3 rings (SSSR count). The Balaban J connectivity index is 2.21. The third-order valence-corrected chi connectivity index (χ3v) is 3.80. The maximum absolute atomic E-state index is 9.50. The second-order valence-electron chi connectivity index (χ2n) is 5.24.